The normalized spacial score (nSPS) is 19.1. The summed E-state index contributed by atoms with van der Waals surface area (Å²) in [4.78, 5) is 7.73. The van der Waals surface area contributed by atoms with Crippen LogP contribution in [0.1, 0.15) is 6.42 Å². The highest BCUT2D eigenvalue weighted by Gasteiger charge is 2.22. The summed E-state index contributed by atoms with van der Waals surface area (Å²) < 4.78 is 1.62. The fourth-order valence-corrected chi connectivity index (χ4v) is 3.06. The fraction of sp³-hybridized carbons (Fsp3) is 0.500. The molecule has 1 atom stereocenters. The number of fused-ring (bicyclic) bond motifs is 1. The van der Waals surface area contributed by atoms with Gasteiger partial charge in [-0.25, -0.2) is 4.98 Å². The molecule has 5 N–H and O–H groups in total. The molecule has 3 rings (SSSR count). The Labute approximate surface area is 120 Å². The van der Waals surface area contributed by atoms with E-state index >= 15 is 0 Å². The maximum absolute atomic E-state index is 8.93. The number of anilines is 2. The lowest BCUT2D eigenvalue weighted by atomic mass is 10.3. The third kappa shape index (κ3) is 2.41. The van der Waals surface area contributed by atoms with Crippen LogP contribution < -0.4 is 16.4 Å². The summed E-state index contributed by atoms with van der Waals surface area (Å²) in [5.74, 6) is 2.01. The zero-order valence-electron chi connectivity index (χ0n) is 11.1. The molecule has 2 aromatic rings. The number of nitrogens with two attached hydrogens (primary N) is 2. The second kappa shape index (κ2) is 5.47. The number of aliphatic hydroxyl groups excluding tert-OH is 1. The monoisotopic (exact) mass is 294 g/mol. The van der Waals surface area contributed by atoms with Gasteiger partial charge in [-0.15, -0.1) is 11.8 Å². The standard InChI is InChI=1S/C12H18N6OS/c13-8-1-2-17(7-8)11-5-10(14)18-12(16-11)9(6-15-18)20-4-3-19/h5-6,8,19H,1-4,7,13-14H2. The largest absolute Gasteiger partial charge is 0.396 e. The molecule has 1 saturated heterocycles. The maximum atomic E-state index is 8.93. The van der Waals surface area contributed by atoms with E-state index in [9.17, 15) is 0 Å². The van der Waals surface area contributed by atoms with Crippen molar-refractivity contribution in [2.75, 3.05) is 36.1 Å². The van der Waals surface area contributed by atoms with Crippen molar-refractivity contribution < 1.29 is 5.11 Å². The molecular formula is C12H18N6OS. The Morgan fingerprint density at radius 2 is 2.35 bits per heavy atom. The summed E-state index contributed by atoms with van der Waals surface area (Å²) in [6.45, 7) is 1.82. The Morgan fingerprint density at radius 1 is 1.50 bits per heavy atom. The van der Waals surface area contributed by atoms with Gasteiger partial charge in [0.15, 0.2) is 5.65 Å². The van der Waals surface area contributed by atoms with Gasteiger partial charge in [-0.05, 0) is 6.42 Å². The first-order valence-electron chi connectivity index (χ1n) is 6.57. The highest BCUT2D eigenvalue weighted by molar-refractivity contribution is 7.99. The van der Waals surface area contributed by atoms with Gasteiger partial charge in [-0.3, -0.25) is 0 Å². The highest BCUT2D eigenvalue weighted by Crippen LogP contribution is 2.27. The third-order valence-corrected chi connectivity index (χ3v) is 4.34. The zero-order valence-corrected chi connectivity index (χ0v) is 11.9. The molecule has 0 aromatic carbocycles. The first-order chi connectivity index (χ1) is 9.69. The van der Waals surface area contributed by atoms with Crippen LogP contribution >= 0.6 is 11.8 Å². The molecule has 7 nitrogen and oxygen atoms in total. The Bertz CT molecular complexity index is 615. The van der Waals surface area contributed by atoms with Crippen molar-refractivity contribution >= 4 is 29.0 Å². The van der Waals surface area contributed by atoms with E-state index in [4.69, 9.17) is 16.6 Å². The predicted octanol–water partition coefficient (Wildman–Crippen LogP) is -0.0667. The van der Waals surface area contributed by atoms with Gasteiger partial charge >= 0.3 is 0 Å². The molecular weight excluding hydrogens is 276 g/mol. The number of hydrogen-bond acceptors (Lipinski definition) is 7. The molecule has 108 valence electrons. The van der Waals surface area contributed by atoms with E-state index in [-0.39, 0.29) is 12.6 Å². The van der Waals surface area contributed by atoms with Crippen molar-refractivity contribution in [3.05, 3.63) is 12.3 Å². The van der Waals surface area contributed by atoms with Crippen molar-refractivity contribution in [3.8, 4) is 0 Å². The molecule has 0 bridgehead atoms. The molecule has 0 radical (unpaired) electrons. The first-order valence-corrected chi connectivity index (χ1v) is 7.56. The molecule has 8 heteroatoms. The molecule has 20 heavy (non-hydrogen) atoms. The summed E-state index contributed by atoms with van der Waals surface area (Å²) in [5, 5.41) is 13.2. The van der Waals surface area contributed by atoms with Crippen LogP contribution in [0.15, 0.2) is 17.2 Å². The Morgan fingerprint density at radius 3 is 3.05 bits per heavy atom. The number of nitrogen functional groups attached to an aromatic ring is 1. The van der Waals surface area contributed by atoms with Crippen LogP contribution in [0.5, 0.6) is 0 Å². The number of thioether (sulfide) groups is 1. The molecule has 1 fully saturated rings. The smallest absolute Gasteiger partial charge is 0.173 e. The van der Waals surface area contributed by atoms with Crippen LogP contribution in [-0.4, -0.2) is 51.2 Å². The summed E-state index contributed by atoms with van der Waals surface area (Å²) >= 11 is 1.52. The summed E-state index contributed by atoms with van der Waals surface area (Å²) in [6.07, 6.45) is 2.71. The average Bonchev–Trinajstić information content (AvgIpc) is 3.03. The van der Waals surface area contributed by atoms with Crippen LogP contribution in [0.25, 0.3) is 5.65 Å². The Hall–Kier alpha value is -1.51. The van der Waals surface area contributed by atoms with Gasteiger partial charge in [0.05, 0.1) is 17.7 Å². The average molecular weight is 294 g/mol. The van der Waals surface area contributed by atoms with Crippen molar-refractivity contribution in [2.24, 2.45) is 5.73 Å². The summed E-state index contributed by atoms with van der Waals surface area (Å²) in [6, 6.07) is 2.03. The number of rotatable bonds is 4. The molecule has 1 aliphatic rings. The molecule has 0 saturated carbocycles. The van der Waals surface area contributed by atoms with Gasteiger partial charge in [0.25, 0.3) is 0 Å². The Kier molecular flexibility index (Phi) is 3.68. The van der Waals surface area contributed by atoms with Gasteiger partial charge in [0, 0.05) is 31.0 Å². The van der Waals surface area contributed by atoms with Crippen molar-refractivity contribution in [3.63, 3.8) is 0 Å². The highest BCUT2D eigenvalue weighted by atomic mass is 32.2. The summed E-state index contributed by atoms with van der Waals surface area (Å²) in [5.41, 5.74) is 12.7. The molecule has 3 heterocycles. The van der Waals surface area contributed by atoms with Crippen LogP contribution in [0.3, 0.4) is 0 Å². The van der Waals surface area contributed by atoms with Crippen molar-refractivity contribution in [1.29, 1.82) is 0 Å². The maximum Gasteiger partial charge on any atom is 0.173 e. The van der Waals surface area contributed by atoms with Crippen LogP contribution in [0.4, 0.5) is 11.6 Å². The van der Waals surface area contributed by atoms with Crippen LogP contribution in [0.2, 0.25) is 0 Å². The second-order valence-corrected chi connectivity index (χ2v) is 5.99. The van der Waals surface area contributed by atoms with E-state index in [1.54, 1.807) is 10.7 Å². The molecule has 0 spiro atoms. The molecule has 2 aromatic heterocycles. The number of aromatic nitrogens is 3. The van der Waals surface area contributed by atoms with E-state index in [1.807, 2.05) is 6.07 Å². The quantitative estimate of drug-likeness (QED) is 0.678. The van der Waals surface area contributed by atoms with E-state index in [0.717, 1.165) is 35.9 Å². The minimum Gasteiger partial charge on any atom is -0.396 e. The van der Waals surface area contributed by atoms with Crippen molar-refractivity contribution in [1.82, 2.24) is 14.6 Å². The Balaban J connectivity index is 1.98. The third-order valence-electron chi connectivity index (χ3n) is 3.35. The van der Waals surface area contributed by atoms with Gasteiger partial charge in [0.1, 0.15) is 11.6 Å². The van der Waals surface area contributed by atoms with Gasteiger partial charge in [-0.2, -0.15) is 9.61 Å². The van der Waals surface area contributed by atoms with E-state index in [2.05, 4.69) is 15.0 Å². The first kappa shape index (κ1) is 13.5. The lowest BCUT2D eigenvalue weighted by Gasteiger charge is -2.17. The molecule has 0 amide bonds. The van der Waals surface area contributed by atoms with Crippen molar-refractivity contribution in [2.45, 2.75) is 17.4 Å². The lowest BCUT2D eigenvalue weighted by molar-refractivity contribution is 0.322. The second-order valence-electron chi connectivity index (χ2n) is 4.85. The van der Waals surface area contributed by atoms with Gasteiger partial charge in [-0.1, -0.05) is 0 Å². The topological polar surface area (TPSA) is 106 Å². The van der Waals surface area contributed by atoms with E-state index < -0.39 is 0 Å². The predicted molar refractivity (Wildman–Crippen MR) is 80.0 cm³/mol. The van der Waals surface area contributed by atoms with Gasteiger partial charge < -0.3 is 21.5 Å². The minimum atomic E-state index is 0.123. The van der Waals surface area contributed by atoms with E-state index in [0.29, 0.717) is 11.6 Å². The number of hydrogen-bond donors (Lipinski definition) is 3. The van der Waals surface area contributed by atoms with Gasteiger partial charge in [0.2, 0.25) is 0 Å². The lowest BCUT2D eigenvalue weighted by Crippen LogP contribution is -2.27. The molecule has 1 aliphatic heterocycles. The zero-order chi connectivity index (χ0) is 14.1. The molecule has 0 aliphatic carbocycles. The van der Waals surface area contributed by atoms with Crippen LogP contribution in [0, 0.1) is 0 Å². The summed E-state index contributed by atoms with van der Waals surface area (Å²) in [7, 11) is 0. The van der Waals surface area contributed by atoms with Crippen LogP contribution in [-0.2, 0) is 0 Å². The minimum absolute atomic E-state index is 0.123. The van der Waals surface area contributed by atoms with E-state index in [1.165, 1.54) is 11.8 Å². The fourth-order valence-electron chi connectivity index (χ4n) is 2.37. The number of aliphatic hydroxyl groups is 1. The SMILES string of the molecule is Nc1cc(N2CCC(N)C2)nc2c(SCCO)cnn12. The molecule has 1 unspecified atom stereocenters. The number of nitrogens with zero attached hydrogens (tertiary/aromatic N) is 4.